The molecule has 1 aliphatic heterocycles. The highest BCUT2D eigenvalue weighted by molar-refractivity contribution is 5.82. The maximum absolute atomic E-state index is 10.1. The number of anilines is 1. The predicted octanol–water partition coefficient (Wildman–Crippen LogP) is 2.74. The maximum atomic E-state index is 10.1. The Kier molecular flexibility index (Phi) is 6.81. The van der Waals surface area contributed by atoms with Gasteiger partial charge in [0.2, 0.25) is 0 Å². The van der Waals surface area contributed by atoms with Gasteiger partial charge in [-0.2, -0.15) is 0 Å². The van der Waals surface area contributed by atoms with E-state index in [1.807, 2.05) is 6.08 Å². The van der Waals surface area contributed by atoms with Gasteiger partial charge in [0.25, 0.3) is 0 Å². The molecule has 0 saturated carbocycles. The number of para-hydroxylation sites is 1. The van der Waals surface area contributed by atoms with Crippen molar-refractivity contribution in [2.45, 2.75) is 19.3 Å². The highest BCUT2D eigenvalue weighted by Gasteiger charge is 2.06. The quantitative estimate of drug-likeness (QED) is 0.507. The van der Waals surface area contributed by atoms with Crippen LogP contribution in [0.25, 0.3) is 0 Å². The Hall–Kier alpha value is -1.61. The fourth-order valence-electron chi connectivity index (χ4n) is 1.94. The number of nitrogens with two attached hydrogens (primary N) is 1. The Labute approximate surface area is 109 Å². The van der Waals surface area contributed by atoms with E-state index in [1.165, 1.54) is 32.4 Å². The highest BCUT2D eigenvalue weighted by Crippen LogP contribution is 2.07. The molecule has 0 aromatic heterocycles. The number of piperidine rings is 1. The van der Waals surface area contributed by atoms with Crippen molar-refractivity contribution in [1.29, 1.82) is 0 Å². The molecule has 0 bridgehead atoms. The zero-order valence-corrected chi connectivity index (χ0v) is 10.8. The number of likely N-dealkylation sites (tertiary alicyclic amines) is 1. The van der Waals surface area contributed by atoms with E-state index in [-0.39, 0.29) is 0 Å². The average Bonchev–Trinajstić information content (AvgIpc) is 2.42. The van der Waals surface area contributed by atoms with E-state index in [1.54, 1.807) is 24.3 Å². The third kappa shape index (κ3) is 5.15. The van der Waals surface area contributed by atoms with Crippen LogP contribution in [0.3, 0.4) is 0 Å². The van der Waals surface area contributed by atoms with Crippen LogP contribution in [0.4, 0.5) is 5.69 Å². The van der Waals surface area contributed by atoms with Crippen molar-refractivity contribution >= 4 is 12.0 Å². The Bertz CT molecular complexity index is 371. The number of nitrogens with zero attached hydrogens (tertiary/aromatic N) is 1. The number of aldehydes is 1. The molecule has 3 nitrogen and oxygen atoms in total. The van der Waals surface area contributed by atoms with Crippen LogP contribution >= 0.6 is 0 Å². The van der Waals surface area contributed by atoms with Gasteiger partial charge in [-0.15, -0.1) is 6.58 Å². The first-order valence-corrected chi connectivity index (χ1v) is 6.41. The zero-order valence-electron chi connectivity index (χ0n) is 10.8. The summed E-state index contributed by atoms with van der Waals surface area (Å²) in [5, 5.41) is 0. The van der Waals surface area contributed by atoms with Crippen molar-refractivity contribution < 1.29 is 4.79 Å². The summed E-state index contributed by atoms with van der Waals surface area (Å²) in [4.78, 5) is 12.6. The van der Waals surface area contributed by atoms with Gasteiger partial charge >= 0.3 is 0 Å². The Morgan fingerprint density at radius 2 is 1.89 bits per heavy atom. The van der Waals surface area contributed by atoms with Gasteiger partial charge in [-0.3, -0.25) is 9.69 Å². The third-order valence-electron chi connectivity index (χ3n) is 2.96. The first-order valence-electron chi connectivity index (χ1n) is 6.41. The number of hydrogen-bond donors (Lipinski definition) is 1. The van der Waals surface area contributed by atoms with Gasteiger partial charge in [-0.05, 0) is 38.1 Å². The van der Waals surface area contributed by atoms with Crippen LogP contribution in [0, 0.1) is 0 Å². The van der Waals surface area contributed by atoms with Crippen molar-refractivity contribution in [3.05, 3.63) is 42.5 Å². The average molecular weight is 246 g/mol. The number of rotatable bonds is 3. The number of nitrogen functional groups attached to an aromatic ring is 1. The molecule has 2 N–H and O–H groups in total. The van der Waals surface area contributed by atoms with Crippen molar-refractivity contribution in [2.75, 3.05) is 25.4 Å². The third-order valence-corrected chi connectivity index (χ3v) is 2.96. The molecule has 98 valence electrons. The van der Waals surface area contributed by atoms with Gasteiger partial charge < -0.3 is 5.73 Å². The minimum Gasteiger partial charge on any atom is -0.398 e. The van der Waals surface area contributed by atoms with Crippen LogP contribution in [0.5, 0.6) is 0 Å². The molecule has 1 aromatic rings. The van der Waals surface area contributed by atoms with Gasteiger partial charge in [-0.1, -0.05) is 24.6 Å². The summed E-state index contributed by atoms with van der Waals surface area (Å²) in [7, 11) is 0. The van der Waals surface area contributed by atoms with E-state index >= 15 is 0 Å². The van der Waals surface area contributed by atoms with Crippen molar-refractivity contribution in [2.24, 2.45) is 0 Å². The van der Waals surface area contributed by atoms with Crippen molar-refractivity contribution in [1.82, 2.24) is 4.90 Å². The minimum atomic E-state index is 0.535. The lowest BCUT2D eigenvalue weighted by atomic mass is 10.1. The Morgan fingerprint density at radius 1 is 1.22 bits per heavy atom. The molecular weight excluding hydrogens is 224 g/mol. The second-order valence-corrected chi connectivity index (χ2v) is 4.40. The van der Waals surface area contributed by atoms with Gasteiger partial charge in [0, 0.05) is 17.8 Å². The molecule has 0 unspecified atom stereocenters. The molecule has 0 amide bonds. The van der Waals surface area contributed by atoms with Crippen LogP contribution in [0.1, 0.15) is 29.6 Å². The first kappa shape index (κ1) is 14.5. The smallest absolute Gasteiger partial charge is 0.152 e. The molecule has 1 heterocycles. The molecule has 3 heteroatoms. The standard InChI is InChI=1S/C8H15N.C7H7NO/c1-2-6-9-7-4-3-5-8-9;8-7-4-2-1-3-6(7)5-9/h2H,1,3-8H2;1-5H,8H2. The Balaban J connectivity index is 0.000000180. The van der Waals surface area contributed by atoms with E-state index in [2.05, 4.69) is 11.5 Å². The van der Waals surface area contributed by atoms with E-state index in [9.17, 15) is 4.79 Å². The summed E-state index contributed by atoms with van der Waals surface area (Å²) in [5.74, 6) is 0. The topological polar surface area (TPSA) is 46.3 Å². The summed E-state index contributed by atoms with van der Waals surface area (Å²) in [6, 6.07) is 6.95. The fraction of sp³-hybridized carbons (Fsp3) is 0.400. The van der Waals surface area contributed by atoms with E-state index in [4.69, 9.17) is 5.73 Å². The van der Waals surface area contributed by atoms with Gasteiger partial charge in [-0.25, -0.2) is 0 Å². The summed E-state index contributed by atoms with van der Waals surface area (Å²) in [6.07, 6.45) is 6.93. The molecule has 0 aliphatic carbocycles. The molecule has 2 rings (SSSR count). The monoisotopic (exact) mass is 246 g/mol. The van der Waals surface area contributed by atoms with E-state index in [0.29, 0.717) is 11.3 Å². The van der Waals surface area contributed by atoms with Crippen molar-refractivity contribution in [3.8, 4) is 0 Å². The molecule has 0 spiro atoms. The summed E-state index contributed by atoms with van der Waals surface area (Å²) < 4.78 is 0. The predicted molar refractivity (Wildman–Crippen MR) is 76.7 cm³/mol. The number of benzene rings is 1. The number of carbonyl (C=O) groups excluding carboxylic acids is 1. The molecule has 0 radical (unpaired) electrons. The largest absolute Gasteiger partial charge is 0.398 e. The van der Waals surface area contributed by atoms with E-state index < -0.39 is 0 Å². The highest BCUT2D eigenvalue weighted by atomic mass is 16.1. The molecule has 18 heavy (non-hydrogen) atoms. The van der Waals surface area contributed by atoms with Crippen LogP contribution < -0.4 is 5.73 Å². The van der Waals surface area contributed by atoms with Gasteiger partial charge in [0.05, 0.1) is 0 Å². The number of carbonyl (C=O) groups is 1. The normalized spacial score (nSPS) is 15.3. The van der Waals surface area contributed by atoms with Crippen LogP contribution in [0.15, 0.2) is 36.9 Å². The molecule has 0 atom stereocenters. The SMILES string of the molecule is C=CCN1CCCCC1.Nc1ccccc1C=O. The second kappa shape index (κ2) is 8.48. The zero-order chi connectivity index (χ0) is 13.2. The lowest BCUT2D eigenvalue weighted by Crippen LogP contribution is -2.29. The first-order chi connectivity index (χ1) is 8.77. The fourth-order valence-corrected chi connectivity index (χ4v) is 1.94. The van der Waals surface area contributed by atoms with Gasteiger partial charge in [0.15, 0.2) is 6.29 Å². The number of hydrogen-bond acceptors (Lipinski definition) is 3. The molecule has 1 aliphatic rings. The van der Waals surface area contributed by atoms with Crippen LogP contribution in [-0.2, 0) is 0 Å². The lowest BCUT2D eigenvalue weighted by Gasteiger charge is -2.24. The summed E-state index contributed by atoms with van der Waals surface area (Å²) in [6.45, 7) is 7.36. The maximum Gasteiger partial charge on any atom is 0.152 e. The molecular formula is C15H22N2O. The second-order valence-electron chi connectivity index (χ2n) is 4.40. The van der Waals surface area contributed by atoms with Crippen LogP contribution in [-0.4, -0.2) is 30.8 Å². The Morgan fingerprint density at radius 3 is 2.39 bits per heavy atom. The van der Waals surface area contributed by atoms with Crippen LogP contribution in [0.2, 0.25) is 0 Å². The minimum absolute atomic E-state index is 0.535. The summed E-state index contributed by atoms with van der Waals surface area (Å²) >= 11 is 0. The van der Waals surface area contributed by atoms with E-state index in [0.717, 1.165) is 12.8 Å². The molecule has 1 fully saturated rings. The van der Waals surface area contributed by atoms with Crippen molar-refractivity contribution in [3.63, 3.8) is 0 Å². The molecule has 1 aromatic carbocycles. The van der Waals surface area contributed by atoms with Gasteiger partial charge in [0.1, 0.15) is 0 Å². The summed E-state index contributed by atoms with van der Waals surface area (Å²) in [5.41, 5.74) is 6.49. The molecule has 1 saturated heterocycles. The lowest BCUT2D eigenvalue weighted by molar-refractivity contribution is 0.112.